The van der Waals surface area contributed by atoms with Crippen LogP contribution in [0.4, 0.5) is 0 Å². The van der Waals surface area contributed by atoms with Gasteiger partial charge in [0.1, 0.15) is 0 Å². The van der Waals surface area contributed by atoms with E-state index in [0.29, 0.717) is 18.2 Å². The fourth-order valence-electron chi connectivity index (χ4n) is 2.34. The zero-order chi connectivity index (χ0) is 14.8. The number of ether oxygens (including phenoxy) is 1. The average molecular weight is 297 g/mol. The van der Waals surface area contributed by atoms with Crippen LogP contribution in [0.1, 0.15) is 19.4 Å². The first-order chi connectivity index (χ1) is 9.41. The minimum atomic E-state index is -0.631. The SMILES string of the molecule is CC(Cc1ccc(Cl)cc1)NC(=O)C1(C)COCC1N. The number of hydrogen-bond donors (Lipinski definition) is 2. The highest BCUT2D eigenvalue weighted by Gasteiger charge is 2.44. The lowest BCUT2D eigenvalue weighted by atomic mass is 9.84. The summed E-state index contributed by atoms with van der Waals surface area (Å²) in [7, 11) is 0. The summed E-state index contributed by atoms with van der Waals surface area (Å²) in [5, 5.41) is 3.74. The highest BCUT2D eigenvalue weighted by Crippen LogP contribution is 2.27. The van der Waals surface area contributed by atoms with Crippen LogP contribution in [0.5, 0.6) is 0 Å². The monoisotopic (exact) mass is 296 g/mol. The second-order valence-electron chi connectivity index (χ2n) is 5.74. The van der Waals surface area contributed by atoms with E-state index in [4.69, 9.17) is 22.1 Å². The summed E-state index contributed by atoms with van der Waals surface area (Å²) in [4.78, 5) is 12.3. The van der Waals surface area contributed by atoms with Gasteiger partial charge in [-0.1, -0.05) is 23.7 Å². The zero-order valence-electron chi connectivity index (χ0n) is 11.9. The van der Waals surface area contributed by atoms with E-state index in [1.54, 1.807) is 0 Å². The molecule has 0 saturated carbocycles. The van der Waals surface area contributed by atoms with Crippen LogP contribution in [-0.4, -0.2) is 31.2 Å². The van der Waals surface area contributed by atoms with Crippen LogP contribution in [0.15, 0.2) is 24.3 Å². The molecule has 3 N–H and O–H groups in total. The van der Waals surface area contributed by atoms with Gasteiger partial charge in [0.25, 0.3) is 0 Å². The van der Waals surface area contributed by atoms with Gasteiger partial charge in [0.2, 0.25) is 5.91 Å². The van der Waals surface area contributed by atoms with Gasteiger partial charge in [0, 0.05) is 17.1 Å². The van der Waals surface area contributed by atoms with E-state index in [9.17, 15) is 4.79 Å². The van der Waals surface area contributed by atoms with Crippen molar-refractivity contribution in [2.75, 3.05) is 13.2 Å². The Morgan fingerprint density at radius 1 is 1.55 bits per heavy atom. The molecule has 1 aliphatic heterocycles. The van der Waals surface area contributed by atoms with Gasteiger partial charge in [-0.3, -0.25) is 4.79 Å². The number of nitrogens with two attached hydrogens (primary N) is 1. The van der Waals surface area contributed by atoms with Crippen molar-refractivity contribution in [3.63, 3.8) is 0 Å². The van der Waals surface area contributed by atoms with Crippen LogP contribution in [0.25, 0.3) is 0 Å². The quantitative estimate of drug-likeness (QED) is 0.890. The number of rotatable bonds is 4. The molecule has 1 heterocycles. The third kappa shape index (κ3) is 3.32. The molecule has 0 radical (unpaired) electrons. The first-order valence-corrected chi connectivity index (χ1v) is 7.18. The fourth-order valence-corrected chi connectivity index (χ4v) is 2.46. The lowest BCUT2D eigenvalue weighted by Crippen LogP contribution is -2.52. The van der Waals surface area contributed by atoms with E-state index in [0.717, 1.165) is 12.0 Å². The molecule has 110 valence electrons. The van der Waals surface area contributed by atoms with E-state index in [-0.39, 0.29) is 18.0 Å². The van der Waals surface area contributed by atoms with Crippen LogP contribution in [0.2, 0.25) is 5.02 Å². The topological polar surface area (TPSA) is 64.3 Å². The lowest BCUT2D eigenvalue weighted by molar-refractivity contribution is -0.131. The molecule has 1 fully saturated rings. The molecule has 3 unspecified atom stereocenters. The predicted octanol–water partition coefficient (Wildman–Crippen LogP) is 1.75. The number of hydrogen-bond acceptors (Lipinski definition) is 3. The van der Waals surface area contributed by atoms with Crippen molar-refractivity contribution in [1.82, 2.24) is 5.32 Å². The Kier molecular flexibility index (Phi) is 4.68. The maximum atomic E-state index is 12.3. The first kappa shape index (κ1) is 15.3. The van der Waals surface area contributed by atoms with Crippen molar-refractivity contribution in [3.05, 3.63) is 34.9 Å². The maximum absolute atomic E-state index is 12.3. The zero-order valence-corrected chi connectivity index (χ0v) is 12.6. The van der Waals surface area contributed by atoms with Gasteiger partial charge in [-0.15, -0.1) is 0 Å². The summed E-state index contributed by atoms with van der Waals surface area (Å²) in [5.41, 5.74) is 6.47. The van der Waals surface area contributed by atoms with Gasteiger partial charge in [0.15, 0.2) is 0 Å². The number of carbonyl (C=O) groups is 1. The Labute approximate surface area is 124 Å². The average Bonchev–Trinajstić information content (AvgIpc) is 2.74. The van der Waals surface area contributed by atoms with E-state index >= 15 is 0 Å². The van der Waals surface area contributed by atoms with E-state index in [1.807, 2.05) is 38.1 Å². The minimum Gasteiger partial charge on any atom is -0.379 e. The number of halogens is 1. The molecule has 3 atom stereocenters. The molecule has 1 amide bonds. The Morgan fingerprint density at radius 3 is 2.75 bits per heavy atom. The normalized spacial score (nSPS) is 27.3. The van der Waals surface area contributed by atoms with Gasteiger partial charge in [0.05, 0.1) is 18.6 Å². The minimum absolute atomic E-state index is 0.0355. The molecule has 0 spiro atoms. The van der Waals surface area contributed by atoms with Gasteiger partial charge in [-0.05, 0) is 38.0 Å². The molecular formula is C15H21ClN2O2. The Morgan fingerprint density at radius 2 is 2.20 bits per heavy atom. The number of benzene rings is 1. The highest BCUT2D eigenvalue weighted by molar-refractivity contribution is 6.30. The molecule has 1 saturated heterocycles. The van der Waals surface area contributed by atoms with Gasteiger partial charge < -0.3 is 15.8 Å². The predicted molar refractivity (Wildman–Crippen MR) is 79.7 cm³/mol. The van der Waals surface area contributed by atoms with Crippen molar-refractivity contribution >= 4 is 17.5 Å². The maximum Gasteiger partial charge on any atom is 0.230 e. The Hall–Kier alpha value is -1.10. The van der Waals surface area contributed by atoms with Crippen LogP contribution < -0.4 is 11.1 Å². The number of nitrogens with one attached hydrogen (secondary N) is 1. The van der Waals surface area contributed by atoms with Crippen molar-refractivity contribution in [3.8, 4) is 0 Å². The molecule has 2 rings (SSSR count). The second kappa shape index (κ2) is 6.12. The second-order valence-corrected chi connectivity index (χ2v) is 6.18. The van der Waals surface area contributed by atoms with Crippen molar-refractivity contribution in [2.24, 2.45) is 11.1 Å². The van der Waals surface area contributed by atoms with Crippen LogP contribution in [-0.2, 0) is 16.0 Å². The summed E-state index contributed by atoms with van der Waals surface area (Å²) >= 11 is 5.86. The van der Waals surface area contributed by atoms with Crippen molar-refractivity contribution in [1.29, 1.82) is 0 Å². The molecule has 5 heteroatoms. The Bertz CT molecular complexity index is 477. The summed E-state index contributed by atoms with van der Waals surface area (Å²) < 4.78 is 5.31. The number of amides is 1. The van der Waals surface area contributed by atoms with Gasteiger partial charge in [-0.25, -0.2) is 0 Å². The van der Waals surface area contributed by atoms with Crippen LogP contribution in [0.3, 0.4) is 0 Å². The van der Waals surface area contributed by atoms with Gasteiger partial charge >= 0.3 is 0 Å². The van der Waals surface area contributed by atoms with Crippen LogP contribution in [0, 0.1) is 5.41 Å². The molecule has 4 nitrogen and oxygen atoms in total. The lowest BCUT2D eigenvalue weighted by Gasteiger charge is -2.27. The van der Waals surface area contributed by atoms with Gasteiger partial charge in [-0.2, -0.15) is 0 Å². The van der Waals surface area contributed by atoms with Crippen molar-refractivity contribution in [2.45, 2.75) is 32.4 Å². The third-order valence-corrected chi connectivity index (χ3v) is 4.12. The van der Waals surface area contributed by atoms with E-state index < -0.39 is 5.41 Å². The first-order valence-electron chi connectivity index (χ1n) is 6.80. The smallest absolute Gasteiger partial charge is 0.230 e. The molecule has 0 aliphatic carbocycles. The summed E-state index contributed by atoms with van der Waals surface area (Å²) in [6, 6.07) is 7.44. The molecule has 1 aromatic rings. The molecule has 0 bridgehead atoms. The van der Waals surface area contributed by atoms with E-state index in [2.05, 4.69) is 5.32 Å². The number of carbonyl (C=O) groups excluding carboxylic acids is 1. The standard InChI is InChI=1S/C15H21ClN2O2/c1-10(7-11-3-5-12(16)6-4-11)18-14(19)15(2)9-20-8-13(15)17/h3-6,10,13H,7-9,17H2,1-2H3,(H,18,19). The van der Waals surface area contributed by atoms with Crippen molar-refractivity contribution < 1.29 is 9.53 Å². The fraction of sp³-hybridized carbons (Fsp3) is 0.533. The van der Waals surface area contributed by atoms with E-state index in [1.165, 1.54) is 0 Å². The molecule has 1 aliphatic rings. The molecular weight excluding hydrogens is 276 g/mol. The summed E-state index contributed by atoms with van der Waals surface area (Å²) in [6.45, 7) is 4.66. The summed E-state index contributed by atoms with van der Waals surface area (Å²) in [6.07, 6.45) is 0.759. The molecule has 1 aromatic carbocycles. The van der Waals surface area contributed by atoms with Crippen LogP contribution >= 0.6 is 11.6 Å². The summed E-state index contributed by atoms with van der Waals surface area (Å²) in [5.74, 6) is -0.0380. The third-order valence-electron chi connectivity index (χ3n) is 3.87. The molecule has 20 heavy (non-hydrogen) atoms. The Balaban J connectivity index is 1.92. The largest absolute Gasteiger partial charge is 0.379 e. The highest BCUT2D eigenvalue weighted by atomic mass is 35.5. The molecule has 0 aromatic heterocycles.